The van der Waals surface area contributed by atoms with Crippen molar-refractivity contribution < 1.29 is 9.53 Å². The molecule has 1 saturated heterocycles. The van der Waals surface area contributed by atoms with Crippen LogP contribution in [0.3, 0.4) is 0 Å². The molecule has 1 atom stereocenters. The van der Waals surface area contributed by atoms with Gasteiger partial charge in [-0.3, -0.25) is 4.79 Å². The van der Waals surface area contributed by atoms with Crippen LogP contribution >= 0.6 is 0 Å². The van der Waals surface area contributed by atoms with Crippen molar-refractivity contribution in [1.82, 2.24) is 10.3 Å². The van der Waals surface area contributed by atoms with E-state index in [1.807, 2.05) is 18.2 Å². The number of nitrogens with zero attached hydrogens (tertiary/aromatic N) is 1. The summed E-state index contributed by atoms with van der Waals surface area (Å²) in [5, 5.41) is 6.11. The van der Waals surface area contributed by atoms with Crippen molar-refractivity contribution in [2.45, 2.75) is 18.8 Å². The van der Waals surface area contributed by atoms with Gasteiger partial charge in [0.25, 0.3) is 5.91 Å². The predicted molar refractivity (Wildman–Crippen MR) is 89.6 cm³/mol. The number of aromatic nitrogens is 1. The molecule has 1 unspecified atom stereocenters. The van der Waals surface area contributed by atoms with Gasteiger partial charge in [-0.15, -0.1) is 0 Å². The summed E-state index contributed by atoms with van der Waals surface area (Å²) in [4.78, 5) is 15.9. The fourth-order valence-corrected chi connectivity index (χ4v) is 2.74. The Morgan fingerprint density at radius 3 is 2.83 bits per heavy atom. The van der Waals surface area contributed by atoms with Crippen LogP contribution in [0.2, 0.25) is 0 Å². The van der Waals surface area contributed by atoms with Crippen LogP contribution in [-0.2, 0) is 4.79 Å². The molecule has 2 heterocycles. The van der Waals surface area contributed by atoms with E-state index in [0.29, 0.717) is 17.5 Å². The number of anilines is 1. The molecule has 120 valence electrons. The fraction of sp³-hybridized carbons (Fsp3) is 0.333. The maximum absolute atomic E-state index is 11.8. The molecule has 2 N–H and O–H groups in total. The van der Waals surface area contributed by atoms with Crippen molar-refractivity contribution in [3.63, 3.8) is 0 Å². The van der Waals surface area contributed by atoms with Crippen LogP contribution in [0.4, 0.5) is 5.82 Å². The standard InChI is InChI=1S/C18H21N3O2/c22-18(21-17-5-1-2-11-20-17)13-23-16-8-6-14(7-9-16)15-4-3-10-19-12-15/h1-2,5-9,11,15,19H,3-4,10,12-13H2,(H,20,21,22). The van der Waals surface area contributed by atoms with Crippen molar-refractivity contribution in [2.75, 3.05) is 25.0 Å². The van der Waals surface area contributed by atoms with Crippen LogP contribution in [0, 0.1) is 0 Å². The lowest BCUT2D eigenvalue weighted by Crippen LogP contribution is -2.28. The first kappa shape index (κ1) is 15.5. The van der Waals surface area contributed by atoms with Gasteiger partial charge < -0.3 is 15.4 Å². The number of ether oxygens (including phenoxy) is 1. The van der Waals surface area contributed by atoms with Gasteiger partial charge in [0, 0.05) is 12.7 Å². The molecule has 3 rings (SSSR count). The number of amides is 1. The zero-order chi connectivity index (χ0) is 15.9. The van der Waals surface area contributed by atoms with E-state index >= 15 is 0 Å². The van der Waals surface area contributed by atoms with Crippen molar-refractivity contribution in [2.24, 2.45) is 0 Å². The van der Waals surface area contributed by atoms with E-state index in [1.165, 1.54) is 18.4 Å². The lowest BCUT2D eigenvalue weighted by molar-refractivity contribution is -0.118. The Kier molecular flexibility index (Phi) is 5.21. The molecule has 1 fully saturated rings. The van der Waals surface area contributed by atoms with E-state index in [0.717, 1.165) is 13.1 Å². The third kappa shape index (κ3) is 4.53. The minimum atomic E-state index is -0.218. The molecular weight excluding hydrogens is 290 g/mol. The lowest BCUT2D eigenvalue weighted by atomic mass is 9.92. The number of nitrogens with one attached hydrogen (secondary N) is 2. The molecule has 1 aromatic carbocycles. The largest absolute Gasteiger partial charge is 0.484 e. The van der Waals surface area contributed by atoms with Crippen LogP contribution in [-0.4, -0.2) is 30.6 Å². The third-order valence-electron chi connectivity index (χ3n) is 3.95. The minimum absolute atomic E-state index is 0.0269. The van der Waals surface area contributed by atoms with Gasteiger partial charge in [-0.1, -0.05) is 18.2 Å². The SMILES string of the molecule is O=C(COc1ccc(C2CCCNC2)cc1)Nc1ccccn1. The molecule has 0 bridgehead atoms. The van der Waals surface area contributed by atoms with Gasteiger partial charge in [-0.05, 0) is 55.1 Å². The first-order chi connectivity index (χ1) is 11.3. The number of piperidine rings is 1. The molecule has 2 aromatic rings. The monoisotopic (exact) mass is 311 g/mol. The first-order valence-electron chi connectivity index (χ1n) is 7.95. The van der Waals surface area contributed by atoms with Crippen molar-refractivity contribution in [3.05, 3.63) is 54.2 Å². The van der Waals surface area contributed by atoms with E-state index in [2.05, 4.69) is 27.8 Å². The number of carbonyl (C=O) groups excluding carboxylic acids is 1. The number of carbonyl (C=O) groups is 1. The van der Waals surface area contributed by atoms with E-state index in [4.69, 9.17) is 4.74 Å². The van der Waals surface area contributed by atoms with Crippen molar-refractivity contribution in [1.29, 1.82) is 0 Å². The second-order valence-corrected chi connectivity index (χ2v) is 5.66. The second kappa shape index (κ2) is 7.74. The van der Waals surface area contributed by atoms with E-state index in [9.17, 15) is 4.79 Å². The molecule has 0 saturated carbocycles. The maximum Gasteiger partial charge on any atom is 0.263 e. The Morgan fingerprint density at radius 2 is 2.13 bits per heavy atom. The van der Waals surface area contributed by atoms with E-state index in [1.54, 1.807) is 18.3 Å². The molecule has 23 heavy (non-hydrogen) atoms. The number of benzene rings is 1. The maximum atomic E-state index is 11.8. The highest BCUT2D eigenvalue weighted by molar-refractivity contribution is 5.90. The minimum Gasteiger partial charge on any atom is -0.484 e. The van der Waals surface area contributed by atoms with Gasteiger partial charge in [0.05, 0.1) is 0 Å². The Hall–Kier alpha value is -2.40. The molecule has 1 aromatic heterocycles. The Balaban J connectivity index is 1.49. The molecule has 1 aliphatic heterocycles. The van der Waals surface area contributed by atoms with Gasteiger partial charge in [-0.2, -0.15) is 0 Å². The summed E-state index contributed by atoms with van der Waals surface area (Å²) in [6, 6.07) is 13.4. The Labute approximate surface area is 136 Å². The summed E-state index contributed by atoms with van der Waals surface area (Å²) in [5.74, 6) is 1.59. The highest BCUT2D eigenvalue weighted by Gasteiger charge is 2.14. The normalized spacial score (nSPS) is 17.5. The fourth-order valence-electron chi connectivity index (χ4n) is 2.74. The quantitative estimate of drug-likeness (QED) is 0.891. The van der Waals surface area contributed by atoms with Gasteiger partial charge >= 0.3 is 0 Å². The summed E-state index contributed by atoms with van der Waals surface area (Å²) in [6.45, 7) is 2.12. The molecule has 5 nitrogen and oxygen atoms in total. The molecule has 1 aliphatic rings. The first-order valence-corrected chi connectivity index (χ1v) is 7.95. The van der Waals surface area contributed by atoms with Gasteiger partial charge in [0.1, 0.15) is 11.6 Å². The van der Waals surface area contributed by atoms with Crippen LogP contribution in [0.1, 0.15) is 24.3 Å². The zero-order valence-electron chi connectivity index (χ0n) is 13.0. The topological polar surface area (TPSA) is 63.2 Å². The summed E-state index contributed by atoms with van der Waals surface area (Å²) in [6.07, 6.45) is 4.08. The van der Waals surface area contributed by atoms with Crippen LogP contribution < -0.4 is 15.4 Å². The second-order valence-electron chi connectivity index (χ2n) is 5.66. The number of hydrogen-bond acceptors (Lipinski definition) is 4. The zero-order valence-corrected chi connectivity index (χ0v) is 13.0. The van der Waals surface area contributed by atoms with Crippen molar-refractivity contribution >= 4 is 11.7 Å². The molecule has 5 heteroatoms. The molecular formula is C18H21N3O2. The summed E-state index contributed by atoms with van der Waals surface area (Å²) in [7, 11) is 0. The average molecular weight is 311 g/mol. The highest BCUT2D eigenvalue weighted by Crippen LogP contribution is 2.24. The lowest BCUT2D eigenvalue weighted by Gasteiger charge is -2.23. The predicted octanol–water partition coefficient (Wildman–Crippen LogP) is 2.57. The van der Waals surface area contributed by atoms with Crippen LogP contribution in [0.25, 0.3) is 0 Å². The third-order valence-corrected chi connectivity index (χ3v) is 3.95. The number of hydrogen-bond donors (Lipinski definition) is 2. The summed E-state index contributed by atoms with van der Waals surface area (Å²) < 4.78 is 5.53. The summed E-state index contributed by atoms with van der Waals surface area (Å²) in [5.41, 5.74) is 1.32. The molecule has 0 spiro atoms. The van der Waals surface area contributed by atoms with Crippen LogP contribution in [0.5, 0.6) is 5.75 Å². The smallest absolute Gasteiger partial charge is 0.263 e. The van der Waals surface area contributed by atoms with Gasteiger partial charge in [-0.25, -0.2) is 4.98 Å². The summed E-state index contributed by atoms with van der Waals surface area (Å²) >= 11 is 0. The van der Waals surface area contributed by atoms with Crippen molar-refractivity contribution in [3.8, 4) is 5.75 Å². The van der Waals surface area contributed by atoms with E-state index in [-0.39, 0.29) is 12.5 Å². The Morgan fingerprint density at radius 1 is 1.26 bits per heavy atom. The van der Waals surface area contributed by atoms with Crippen LogP contribution in [0.15, 0.2) is 48.7 Å². The van der Waals surface area contributed by atoms with Gasteiger partial charge in [0.2, 0.25) is 0 Å². The molecule has 0 aliphatic carbocycles. The van der Waals surface area contributed by atoms with Gasteiger partial charge in [0.15, 0.2) is 6.61 Å². The number of rotatable bonds is 5. The highest BCUT2D eigenvalue weighted by atomic mass is 16.5. The average Bonchev–Trinajstić information content (AvgIpc) is 2.62. The van der Waals surface area contributed by atoms with E-state index < -0.39 is 0 Å². The molecule has 1 amide bonds. The number of pyridine rings is 1. The Bertz CT molecular complexity index is 622. The molecule has 0 radical (unpaired) electrons.